The van der Waals surface area contributed by atoms with Gasteiger partial charge in [0.1, 0.15) is 5.69 Å². The van der Waals surface area contributed by atoms with E-state index in [0.29, 0.717) is 5.69 Å². The van der Waals surface area contributed by atoms with Gasteiger partial charge in [-0.05, 0) is 80.1 Å². The first kappa shape index (κ1) is 19.2. The first-order chi connectivity index (χ1) is 13.1. The summed E-state index contributed by atoms with van der Waals surface area (Å²) in [7, 11) is 1.78. The number of nitrogens with zero attached hydrogens (tertiary/aromatic N) is 2. The Morgan fingerprint density at radius 1 is 1.15 bits per heavy atom. The van der Waals surface area contributed by atoms with Crippen LogP contribution in [0.3, 0.4) is 0 Å². The van der Waals surface area contributed by atoms with Gasteiger partial charge in [0.25, 0.3) is 0 Å². The monoisotopic (exact) mass is 364 g/mol. The molecule has 0 aliphatic heterocycles. The molecule has 4 nitrogen and oxygen atoms in total. The molecule has 0 N–H and O–H groups in total. The molecule has 0 saturated heterocycles. The topological polar surface area (TPSA) is 41.9 Å². The van der Waals surface area contributed by atoms with Crippen molar-refractivity contribution in [1.82, 2.24) is 0 Å². The van der Waals surface area contributed by atoms with Crippen LogP contribution in [0.2, 0.25) is 0 Å². The van der Waals surface area contributed by atoms with Crippen molar-refractivity contribution in [2.45, 2.75) is 46.0 Å². The van der Waals surface area contributed by atoms with E-state index in [2.05, 4.69) is 42.1 Å². The standard InChI is InChI=1S/C23H28N2O2/c1-17-12-13-22(18(2)15-17)25(21-10-5-9-20(16-21)24-26)14-6-11-23(27-3)19-7-4-8-19/h5,9-10,12-13,15-16H,4,6-8,11,14H2,1-3H3. The molecule has 0 amide bonds. The predicted octanol–water partition coefficient (Wildman–Crippen LogP) is 6.70. The highest BCUT2D eigenvalue weighted by Gasteiger charge is 2.17. The average Bonchev–Trinajstić information content (AvgIpc) is 2.63. The molecule has 142 valence electrons. The SMILES string of the molecule is COC(CCCN(c1cccc(N=O)c1)c1ccc(C)cc1C)=C1CCC1. The first-order valence-electron chi connectivity index (χ1n) is 9.65. The largest absolute Gasteiger partial charge is 0.501 e. The molecule has 3 rings (SSSR count). The summed E-state index contributed by atoms with van der Waals surface area (Å²) in [5.41, 5.74) is 6.56. The third kappa shape index (κ3) is 4.57. The van der Waals surface area contributed by atoms with Gasteiger partial charge in [-0.3, -0.25) is 0 Å². The van der Waals surface area contributed by atoms with E-state index in [0.717, 1.165) is 30.8 Å². The van der Waals surface area contributed by atoms with E-state index in [-0.39, 0.29) is 0 Å². The number of hydrogen-bond donors (Lipinski definition) is 0. The maximum Gasteiger partial charge on any atom is 0.110 e. The van der Waals surface area contributed by atoms with E-state index in [1.807, 2.05) is 18.2 Å². The van der Waals surface area contributed by atoms with Crippen LogP contribution in [0.15, 0.2) is 59.0 Å². The smallest absolute Gasteiger partial charge is 0.110 e. The summed E-state index contributed by atoms with van der Waals surface area (Å²) in [4.78, 5) is 13.3. The van der Waals surface area contributed by atoms with Gasteiger partial charge in [0, 0.05) is 24.3 Å². The highest BCUT2D eigenvalue weighted by molar-refractivity contribution is 5.69. The van der Waals surface area contributed by atoms with Crippen LogP contribution >= 0.6 is 0 Å². The van der Waals surface area contributed by atoms with E-state index in [1.54, 1.807) is 13.2 Å². The Hall–Kier alpha value is -2.62. The van der Waals surface area contributed by atoms with Crippen LogP contribution in [0, 0.1) is 18.8 Å². The van der Waals surface area contributed by atoms with Gasteiger partial charge in [-0.15, -0.1) is 4.91 Å². The summed E-state index contributed by atoms with van der Waals surface area (Å²) in [5.74, 6) is 1.16. The predicted molar refractivity (Wildman–Crippen MR) is 112 cm³/mol. The van der Waals surface area contributed by atoms with Crippen molar-refractivity contribution >= 4 is 17.1 Å². The van der Waals surface area contributed by atoms with Crippen LogP contribution in [0.25, 0.3) is 0 Å². The average molecular weight is 364 g/mol. The van der Waals surface area contributed by atoms with Crippen LogP contribution in [0.1, 0.15) is 43.2 Å². The fourth-order valence-corrected chi connectivity index (χ4v) is 3.67. The van der Waals surface area contributed by atoms with E-state index < -0.39 is 0 Å². The van der Waals surface area contributed by atoms with Gasteiger partial charge in [-0.1, -0.05) is 23.8 Å². The highest BCUT2D eigenvalue weighted by Crippen LogP contribution is 2.33. The molecule has 0 aromatic heterocycles. The summed E-state index contributed by atoms with van der Waals surface area (Å²) < 4.78 is 5.63. The van der Waals surface area contributed by atoms with E-state index in [9.17, 15) is 4.91 Å². The molecule has 4 heteroatoms. The van der Waals surface area contributed by atoms with Gasteiger partial charge in [-0.25, -0.2) is 0 Å². The van der Waals surface area contributed by atoms with Crippen LogP contribution < -0.4 is 4.90 Å². The molecule has 1 saturated carbocycles. The Kier molecular flexibility index (Phi) is 6.28. The molecule has 27 heavy (non-hydrogen) atoms. The fraction of sp³-hybridized carbons (Fsp3) is 0.391. The van der Waals surface area contributed by atoms with Crippen LogP contribution in [0.4, 0.5) is 17.1 Å². The van der Waals surface area contributed by atoms with Gasteiger partial charge in [-0.2, -0.15) is 0 Å². The lowest BCUT2D eigenvalue weighted by atomic mass is 9.90. The molecule has 0 unspecified atom stereocenters. The molecule has 1 aliphatic rings. The van der Waals surface area contributed by atoms with Crippen LogP contribution in [-0.4, -0.2) is 13.7 Å². The number of aryl methyl sites for hydroxylation is 2. The second-order valence-corrected chi connectivity index (χ2v) is 7.24. The molecule has 0 spiro atoms. The lowest BCUT2D eigenvalue weighted by Gasteiger charge is -2.28. The van der Waals surface area contributed by atoms with Gasteiger partial charge < -0.3 is 9.64 Å². The van der Waals surface area contributed by atoms with Crippen molar-refractivity contribution in [1.29, 1.82) is 0 Å². The zero-order valence-electron chi connectivity index (χ0n) is 16.5. The van der Waals surface area contributed by atoms with Crippen molar-refractivity contribution in [2.24, 2.45) is 5.18 Å². The van der Waals surface area contributed by atoms with E-state index >= 15 is 0 Å². The molecular weight excluding hydrogens is 336 g/mol. The van der Waals surface area contributed by atoms with Crippen molar-refractivity contribution in [3.8, 4) is 0 Å². The van der Waals surface area contributed by atoms with Gasteiger partial charge in [0.2, 0.25) is 0 Å². The number of rotatable bonds is 8. The Balaban J connectivity index is 1.84. The molecule has 0 atom stereocenters. The molecule has 1 fully saturated rings. The molecule has 0 heterocycles. The minimum absolute atomic E-state index is 0.455. The Morgan fingerprint density at radius 3 is 2.59 bits per heavy atom. The lowest BCUT2D eigenvalue weighted by molar-refractivity contribution is 0.262. The second-order valence-electron chi connectivity index (χ2n) is 7.24. The minimum atomic E-state index is 0.455. The highest BCUT2D eigenvalue weighted by atomic mass is 16.5. The zero-order chi connectivity index (χ0) is 19.2. The number of allylic oxidation sites excluding steroid dienone is 2. The van der Waals surface area contributed by atoms with Crippen molar-refractivity contribution in [3.63, 3.8) is 0 Å². The van der Waals surface area contributed by atoms with Crippen LogP contribution in [-0.2, 0) is 4.74 Å². The summed E-state index contributed by atoms with van der Waals surface area (Å²) in [6.07, 6.45) is 5.56. The minimum Gasteiger partial charge on any atom is -0.501 e. The third-order valence-corrected chi connectivity index (χ3v) is 5.27. The van der Waals surface area contributed by atoms with Gasteiger partial charge in [0.15, 0.2) is 0 Å². The number of benzene rings is 2. The van der Waals surface area contributed by atoms with E-state index in [1.165, 1.54) is 41.6 Å². The summed E-state index contributed by atoms with van der Waals surface area (Å²) in [6.45, 7) is 5.09. The van der Waals surface area contributed by atoms with Crippen molar-refractivity contribution in [3.05, 3.63) is 69.8 Å². The maximum absolute atomic E-state index is 11.0. The number of ether oxygens (including phenoxy) is 1. The second kappa shape index (κ2) is 8.85. The lowest BCUT2D eigenvalue weighted by Crippen LogP contribution is -2.20. The third-order valence-electron chi connectivity index (χ3n) is 5.27. The Bertz CT molecular complexity index is 836. The maximum atomic E-state index is 11.0. The van der Waals surface area contributed by atoms with Crippen molar-refractivity contribution in [2.75, 3.05) is 18.6 Å². The summed E-state index contributed by atoms with van der Waals surface area (Å²) in [5, 5.41) is 3.10. The number of methoxy groups -OCH3 is 1. The van der Waals surface area contributed by atoms with Crippen molar-refractivity contribution < 1.29 is 4.74 Å². The summed E-state index contributed by atoms with van der Waals surface area (Å²) >= 11 is 0. The normalized spacial score (nSPS) is 13.1. The molecular formula is C23H28N2O2. The fourth-order valence-electron chi connectivity index (χ4n) is 3.67. The van der Waals surface area contributed by atoms with Crippen LogP contribution in [0.5, 0.6) is 0 Å². The number of hydrogen-bond acceptors (Lipinski definition) is 4. The Morgan fingerprint density at radius 2 is 1.96 bits per heavy atom. The van der Waals surface area contributed by atoms with Gasteiger partial charge in [0.05, 0.1) is 12.9 Å². The van der Waals surface area contributed by atoms with Gasteiger partial charge >= 0.3 is 0 Å². The van der Waals surface area contributed by atoms with E-state index in [4.69, 9.17) is 4.74 Å². The zero-order valence-corrected chi connectivity index (χ0v) is 16.5. The molecule has 2 aromatic rings. The quantitative estimate of drug-likeness (QED) is 0.386. The number of anilines is 2. The molecule has 1 aliphatic carbocycles. The molecule has 0 bridgehead atoms. The molecule has 0 radical (unpaired) electrons. The molecule has 2 aromatic carbocycles. The number of nitroso groups, excluding NO2 is 1. The Labute approximate surface area is 161 Å². The first-order valence-corrected chi connectivity index (χ1v) is 9.65. The summed E-state index contributed by atoms with van der Waals surface area (Å²) in [6, 6.07) is 14.0.